The highest BCUT2D eigenvalue weighted by atomic mass is 31.2. The van der Waals surface area contributed by atoms with Crippen LogP contribution in [0.15, 0.2) is 36.5 Å². The van der Waals surface area contributed by atoms with E-state index in [2.05, 4.69) is 47.9 Å². The predicted octanol–water partition coefficient (Wildman–Crippen LogP) is 4.59. The van der Waals surface area contributed by atoms with Crippen LogP contribution in [0.3, 0.4) is 0 Å². The first-order valence-corrected chi connectivity index (χ1v) is 11.9. The van der Waals surface area contributed by atoms with Crippen LogP contribution in [0.5, 0.6) is 0 Å². The number of ether oxygens (including phenoxy) is 1. The standard InChI is InChI=1S/C21H37O7P/c1-2-3-4-5-6-7-8-9-10-11-12-13-14-15-16-17-21(23)27-18-20(22)19-28-29(24,25)26/h3-4,6-7,9-10,20,22H,2,5,8,11-19H2,1H3,(H2,24,25,26)/b4-3-,7-6-,10-9-/t20-/m1/s1. The summed E-state index contributed by atoms with van der Waals surface area (Å²) in [6.45, 7) is 1.21. The second-order valence-corrected chi connectivity index (χ2v) is 7.96. The Balaban J connectivity index is 3.47. The van der Waals surface area contributed by atoms with E-state index in [1.165, 1.54) is 0 Å². The fourth-order valence-corrected chi connectivity index (χ4v) is 2.75. The van der Waals surface area contributed by atoms with Crippen molar-refractivity contribution < 1.29 is 33.5 Å². The van der Waals surface area contributed by atoms with Crippen LogP contribution in [-0.2, 0) is 18.6 Å². The molecule has 7 nitrogen and oxygen atoms in total. The lowest BCUT2D eigenvalue weighted by Gasteiger charge is -2.12. The zero-order valence-corrected chi connectivity index (χ0v) is 18.3. The fraction of sp³-hybridized carbons (Fsp3) is 0.667. The molecule has 0 aromatic heterocycles. The maximum Gasteiger partial charge on any atom is 0.469 e. The Bertz CT molecular complexity index is 537. The minimum absolute atomic E-state index is 0.270. The van der Waals surface area contributed by atoms with Gasteiger partial charge in [0.2, 0.25) is 0 Å². The summed E-state index contributed by atoms with van der Waals surface area (Å²) in [5.41, 5.74) is 0. The Morgan fingerprint density at radius 1 is 0.897 bits per heavy atom. The molecule has 0 spiro atoms. The monoisotopic (exact) mass is 432 g/mol. The van der Waals surface area contributed by atoms with Gasteiger partial charge < -0.3 is 19.6 Å². The number of rotatable bonds is 18. The van der Waals surface area contributed by atoms with Crippen molar-refractivity contribution in [1.29, 1.82) is 0 Å². The van der Waals surface area contributed by atoms with Gasteiger partial charge in [0.25, 0.3) is 0 Å². The quantitative estimate of drug-likeness (QED) is 0.126. The van der Waals surface area contributed by atoms with Crippen molar-refractivity contribution in [3.05, 3.63) is 36.5 Å². The molecule has 0 heterocycles. The first-order valence-electron chi connectivity index (χ1n) is 10.3. The molecule has 0 amide bonds. The Morgan fingerprint density at radius 2 is 1.48 bits per heavy atom. The number of unbranched alkanes of at least 4 members (excludes halogenated alkanes) is 5. The average Bonchev–Trinajstić information content (AvgIpc) is 2.67. The van der Waals surface area contributed by atoms with Gasteiger partial charge in [-0.2, -0.15) is 0 Å². The molecule has 0 bridgehead atoms. The van der Waals surface area contributed by atoms with E-state index in [0.717, 1.165) is 57.8 Å². The molecule has 0 aliphatic heterocycles. The predicted molar refractivity (Wildman–Crippen MR) is 114 cm³/mol. The third-order valence-corrected chi connectivity index (χ3v) is 4.39. The highest BCUT2D eigenvalue weighted by Gasteiger charge is 2.17. The number of hydrogen-bond acceptors (Lipinski definition) is 5. The van der Waals surface area contributed by atoms with E-state index in [1.807, 2.05) is 0 Å². The number of allylic oxidation sites excluding steroid dienone is 6. The van der Waals surface area contributed by atoms with Gasteiger partial charge in [0.05, 0.1) is 6.61 Å². The first-order chi connectivity index (χ1) is 13.8. The lowest BCUT2D eigenvalue weighted by atomic mass is 10.1. The van der Waals surface area contributed by atoms with Crippen LogP contribution in [0.25, 0.3) is 0 Å². The van der Waals surface area contributed by atoms with E-state index < -0.39 is 26.5 Å². The average molecular weight is 432 g/mol. The van der Waals surface area contributed by atoms with Crippen molar-refractivity contribution in [1.82, 2.24) is 0 Å². The van der Waals surface area contributed by atoms with E-state index in [4.69, 9.17) is 14.5 Å². The summed E-state index contributed by atoms with van der Waals surface area (Å²) in [5, 5.41) is 9.41. The minimum atomic E-state index is -4.62. The molecule has 0 aromatic carbocycles. The van der Waals surface area contributed by atoms with Crippen molar-refractivity contribution >= 4 is 13.8 Å². The van der Waals surface area contributed by atoms with E-state index in [9.17, 15) is 14.5 Å². The molecule has 0 aliphatic rings. The van der Waals surface area contributed by atoms with Gasteiger partial charge in [-0.3, -0.25) is 9.32 Å². The van der Waals surface area contributed by atoms with Gasteiger partial charge in [0, 0.05) is 6.42 Å². The normalized spacial score (nSPS) is 13.7. The number of hydrogen-bond donors (Lipinski definition) is 3. The summed E-state index contributed by atoms with van der Waals surface area (Å²) in [5.74, 6) is -0.429. The minimum Gasteiger partial charge on any atom is -0.463 e. The molecule has 0 saturated heterocycles. The van der Waals surface area contributed by atoms with Gasteiger partial charge in [-0.25, -0.2) is 4.57 Å². The SMILES string of the molecule is CC/C=C\C/C=C\C/C=C\CCCCCCCC(=O)OC[C@@H](O)COP(=O)(O)O. The van der Waals surface area contributed by atoms with Crippen LogP contribution in [0.2, 0.25) is 0 Å². The smallest absolute Gasteiger partial charge is 0.463 e. The second-order valence-electron chi connectivity index (χ2n) is 6.72. The molecule has 0 saturated carbocycles. The van der Waals surface area contributed by atoms with E-state index in [1.54, 1.807) is 0 Å². The number of carbonyl (C=O) groups excluding carboxylic acids is 1. The van der Waals surface area contributed by atoms with Crippen molar-refractivity contribution in [2.75, 3.05) is 13.2 Å². The number of phosphoric acid groups is 1. The third-order valence-electron chi connectivity index (χ3n) is 3.90. The molecule has 0 rings (SSSR count). The van der Waals surface area contributed by atoms with E-state index >= 15 is 0 Å². The largest absolute Gasteiger partial charge is 0.469 e. The summed E-state index contributed by atoms with van der Waals surface area (Å²) in [6, 6.07) is 0. The van der Waals surface area contributed by atoms with Crippen molar-refractivity contribution in [2.45, 2.75) is 77.2 Å². The summed E-state index contributed by atoms with van der Waals surface area (Å²) in [7, 11) is -4.62. The maximum absolute atomic E-state index is 11.5. The molecule has 0 aliphatic carbocycles. The van der Waals surface area contributed by atoms with Gasteiger partial charge in [-0.15, -0.1) is 0 Å². The van der Waals surface area contributed by atoms with Crippen molar-refractivity contribution in [2.24, 2.45) is 0 Å². The van der Waals surface area contributed by atoms with Crippen LogP contribution >= 0.6 is 7.82 Å². The maximum atomic E-state index is 11.5. The Morgan fingerprint density at radius 3 is 2.14 bits per heavy atom. The molecule has 0 radical (unpaired) electrons. The summed E-state index contributed by atoms with van der Waals surface area (Å²) >= 11 is 0. The molecule has 8 heteroatoms. The molecule has 0 fully saturated rings. The van der Waals surface area contributed by atoms with Crippen molar-refractivity contribution in [3.8, 4) is 0 Å². The Hall–Kier alpha value is -1.24. The van der Waals surface area contributed by atoms with Crippen LogP contribution in [0.4, 0.5) is 0 Å². The summed E-state index contributed by atoms with van der Waals surface area (Å²) in [6.07, 6.45) is 21.2. The molecular formula is C21H37O7P. The van der Waals surface area contributed by atoms with Gasteiger partial charge >= 0.3 is 13.8 Å². The zero-order valence-electron chi connectivity index (χ0n) is 17.4. The number of aliphatic hydroxyl groups excluding tert-OH is 1. The highest BCUT2D eigenvalue weighted by Crippen LogP contribution is 2.35. The molecular weight excluding hydrogens is 395 g/mol. The lowest BCUT2D eigenvalue weighted by Crippen LogP contribution is -2.23. The topological polar surface area (TPSA) is 113 Å². The summed E-state index contributed by atoms with van der Waals surface area (Å²) in [4.78, 5) is 28.6. The summed E-state index contributed by atoms with van der Waals surface area (Å²) < 4.78 is 19.5. The Kier molecular flexibility index (Phi) is 18.0. The fourth-order valence-electron chi connectivity index (χ4n) is 2.38. The van der Waals surface area contributed by atoms with Gasteiger partial charge in [-0.05, 0) is 38.5 Å². The van der Waals surface area contributed by atoms with Crippen LogP contribution in [-0.4, -0.2) is 40.2 Å². The van der Waals surface area contributed by atoms with E-state index in [0.29, 0.717) is 0 Å². The highest BCUT2D eigenvalue weighted by molar-refractivity contribution is 7.46. The number of esters is 1. The zero-order chi connectivity index (χ0) is 21.8. The van der Waals surface area contributed by atoms with E-state index in [-0.39, 0.29) is 13.0 Å². The van der Waals surface area contributed by atoms with Gasteiger partial charge in [0.15, 0.2) is 0 Å². The third kappa shape index (κ3) is 22.9. The second kappa shape index (κ2) is 18.8. The van der Waals surface area contributed by atoms with Gasteiger partial charge in [-0.1, -0.05) is 62.6 Å². The first kappa shape index (κ1) is 27.8. The molecule has 168 valence electrons. The molecule has 0 unspecified atom stereocenters. The van der Waals surface area contributed by atoms with Crippen LogP contribution < -0.4 is 0 Å². The van der Waals surface area contributed by atoms with Crippen molar-refractivity contribution in [3.63, 3.8) is 0 Å². The lowest BCUT2D eigenvalue weighted by molar-refractivity contribution is -0.147. The molecule has 29 heavy (non-hydrogen) atoms. The Labute approximate surface area is 174 Å². The number of aliphatic hydroxyl groups is 1. The number of phosphoric ester groups is 1. The number of carbonyl (C=O) groups is 1. The molecule has 3 N–H and O–H groups in total. The van der Waals surface area contributed by atoms with Crippen LogP contribution in [0.1, 0.15) is 71.1 Å². The van der Waals surface area contributed by atoms with Gasteiger partial charge in [0.1, 0.15) is 12.7 Å². The molecule has 0 aromatic rings. The van der Waals surface area contributed by atoms with Crippen LogP contribution in [0, 0.1) is 0 Å². The molecule has 1 atom stereocenters.